The summed E-state index contributed by atoms with van der Waals surface area (Å²) in [6.45, 7) is 0. The molecule has 0 unspecified atom stereocenters. The third-order valence-electron chi connectivity index (χ3n) is 0.592. The van der Waals surface area contributed by atoms with E-state index < -0.39 is 5.71 Å². The van der Waals surface area contributed by atoms with Crippen molar-refractivity contribution in [3.05, 3.63) is 5.21 Å². The van der Waals surface area contributed by atoms with Gasteiger partial charge in [-0.1, -0.05) is 0 Å². The fraction of sp³-hybridized carbons (Fsp3) is 0. The summed E-state index contributed by atoms with van der Waals surface area (Å²) in [5.41, 5.74) is -0.731. The molecule has 0 fully saturated rings. The van der Waals surface area contributed by atoms with Gasteiger partial charge in [0.05, 0.1) is 0 Å². The predicted molar refractivity (Wildman–Crippen MR) is 26.8 cm³/mol. The first-order chi connectivity index (χ1) is 4.26. The molecule has 0 saturated carbocycles. The Balaban J connectivity index is 4.56. The SMILES string of the molecule is O=CC(C=O)=[N+]([O-])C=O. The van der Waals surface area contributed by atoms with Crippen LogP contribution in [0.5, 0.6) is 0 Å². The molecule has 0 spiro atoms. The van der Waals surface area contributed by atoms with Gasteiger partial charge in [-0.2, -0.15) is 0 Å². The van der Waals surface area contributed by atoms with Gasteiger partial charge in [0.15, 0.2) is 0 Å². The normalized spacial score (nSPS) is 7.56. The van der Waals surface area contributed by atoms with E-state index in [0.717, 1.165) is 0 Å². The highest BCUT2D eigenvalue weighted by Crippen LogP contribution is 1.64. The van der Waals surface area contributed by atoms with Crippen LogP contribution >= 0.6 is 0 Å². The second-order valence-corrected chi connectivity index (χ2v) is 1.09. The molecule has 5 nitrogen and oxygen atoms in total. The molecule has 0 rings (SSSR count). The first-order valence-corrected chi connectivity index (χ1v) is 1.95. The van der Waals surface area contributed by atoms with Crippen LogP contribution in [-0.2, 0) is 14.4 Å². The number of amides is 1. The Morgan fingerprint density at radius 3 is 1.78 bits per heavy atom. The molecule has 0 aromatic rings. The maximum absolute atomic E-state index is 10.0. The Labute approximate surface area is 50.2 Å². The number of aldehydes is 2. The maximum Gasteiger partial charge on any atom is 0.386 e. The molecule has 48 valence electrons. The first-order valence-electron chi connectivity index (χ1n) is 1.95. The lowest BCUT2D eigenvalue weighted by molar-refractivity contribution is -0.361. The number of hydrogen-bond donors (Lipinski definition) is 0. The van der Waals surface area contributed by atoms with Gasteiger partial charge >= 0.3 is 6.41 Å². The average molecular weight is 129 g/mol. The third-order valence-corrected chi connectivity index (χ3v) is 0.592. The summed E-state index contributed by atoms with van der Waals surface area (Å²) >= 11 is 0. The van der Waals surface area contributed by atoms with E-state index in [2.05, 4.69) is 0 Å². The predicted octanol–water partition coefficient (Wildman–Crippen LogP) is -1.51. The molecule has 0 atom stereocenters. The van der Waals surface area contributed by atoms with Gasteiger partial charge in [-0.25, -0.2) is 4.79 Å². The van der Waals surface area contributed by atoms with Crippen LogP contribution in [0.25, 0.3) is 0 Å². The molecule has 5 heteroatoms. The van der Waals surface area contributed by atoms with Crippen molar-refractivity contribution >= 4 is 24.7 Å². The number of nitrogens with zero attached hydrogens (tertiary/aromatic N) is 1. The zero-order valence-corrected chi connectivity index (χ0v) is 4.31. The van der Waals surface area contributed by atoms with Gasteiger partial charge in [0.1, 0.15) is 0 Å². The highest BCUT2D eigenvalue weighted by Gasteiger charge is 2.03. The Hall–Kier alpha value is -1.52. The lowest BCUT2D eigenvalue weighted by atomic mass is 10.5. The van der Waals surface area contributed by atoms with E-state index in [9.17, 15) is 19.6 Å². The number of hydroxylamine groups is 1. The standard InChI is InChI=1S/C4H3NO4/c6-1-4(2-7)5(9)3-8/h1-3H. The number of rotatable bonds is 3. The Bertz CT molecular complexity index is 161. The van der Waals surface area contributed by atoms with Crippen LogP contribution in [0.15, 0.2) is 0 Å². The third kappa shape index (κ3) is 1.81. The van der Waals surface area contributed by atoms with Crippen molar-refractivity contribution in [2.75, 3.05) is 0 Å². The molecule has 0 radical (unpaired) electrons. The minimum absolute atomic E-state index is 0.00833. The van der Waals surface area contributed by atoms with E-state index in [4.69, 9.17) is 0 Å². The van der Waals surface area contributed by atoms with Crippen LogP contribution < -0.4 is 0 Å². The van der Waals surface area contributed by atoms with E-state index in [1.165, 1.54) is 0 Å². The molecule has 1 amide bonds. The summed E-state index contributed by atoms with van der Waals surface area (Å²) in [7, 11) is 0. The van der Waals surface area contributed by atoms with E-state index in [-0.39, 0.29) is 23.7 Å². The van der Waals surface area contributed by atoms with Crippen LogP contribution in [-0.4, -0.2) is 29.4 Å². The highest BCUT2D eigenvalue weighted by molar-refractivity contribution is 6.51. The van der Waals surface area contributed by atoms with E-state index in [1.807, 2.05) is 0 Å². The van der Waals surface area contributed by atoms with Crippen LogP contribution in [0.3, 0.4) is 0 Å². The van der Waals surface area contributed by atoms with Crippen molar-refractivity contribution in [3.63, 3.8) is 0 Å². The minimum Gasteiger partial charge on any atom is -0.616 e. The summed E-state index contributed by atoms with van der Waals surface area (Å²) in [5.74, 6) is 0. The summed E-state index contributed by atoms with van der Waals surface area (Å²) in [5, 5.41) is 10.0. The van der Waals surface area contributed by atoms with Crippen LogP contribution in [0.1, 0.15) is 0 Å². The smallest absolute Gasteiger partial charge is 0.386 e. The molecule has 0 aromatic carbocycles. The molecular formula is C4H3NO4. The summed E-state index contributed by atoms with van der Waals surface area (Å²) in [6.07, 6.45) is -0.152. The molecule has 0 heterocycles. The van der Waals surface area contributed by atoms with Gasteiger partial charge < -0.3 is 5.21 Å². The van der Waals surface area contributed by atoms with Gasteiger partial charge in [0, 0.05) is 0 Å². The van der Waals surface area contributed by atoms with Gasteiger partial charge in [0.2, 0.25) is 12.6 Å². The molecule has 0 saturated heterocycles. The molecule has 0 aliphatic carbocycles. The fourth-order valence-electron chi connectivity index (χ4n) is 0.193. The quantitative estimate of drug-likeness (QED) is 0.116. The van der Waals surface area contributed by atoms with Crippen molar-refractivity contribution in [3.8, 4) is 0 Å². The van der Waals surface area contributed by atoms with E-state index >= 15 is 0 Å². The van der Waals surface area contributed by atoms with Crippen LogP contribution in [0.4, 0.5) is 0 Å². The summed E-state index contributed by atoms with van der Waals surface area (Å²) in [6, 6.07) is 0. The molecule has 0 aliphatic rings. The number of carbonyl (C=O) groups excluding carboxylic acids is 3. The van der Waals surface area contributed by atoms with E-state index in [0.29, 0.717) is 0 Å². The Kier molecular flexibility index (Phi) is 2.89. The zero-order valence-electron chi connectivity index (χ0n) is 4.31. The lowest BCUT2D eigenvalue weighted by Gasteiger charge is -1.89. The van der Waals surface area contributed by atoms with Crippen molar-refractivity contribution in [1.29, 1.82) is 0 Å². The molecule has 0 aliphatic heterocycles. The van der Waals surface area contributed by atoms with Crippen molar-refractivity contribution in [2.45, 2.75) is 0 Å². The largest absolute Gasteiger partial charge is 0.616 e. The highest BCUT2D eigenvalue weighted by atomic mass is 16.5. The lowest BCUT2D eigenvalue weighted by Crippen LogP contribution is -2.16. The van der Waals surface area contributed by atoms with Crippen molar-refractivity contribution in [2.24, 2.45) is 0 Å². The summed E-state index contributed by atoms with van der Waals surface area (Å²) < 4.78 is -0.347. The van der Waals surface area contributed by atoms with Gasteiger partial charge in [-0.15, -0.1) is 4.74 Å². The van der Waals surface area contributed by atoms with Gasteiger partial charge in [-0.05, 0) is 0 Å². The van der Waals surface area contributed by atoms with Crippen molar-refractivity contribution < 1.29 is 19.1 Å². The second-order valence-electron chi connectivity index (χ2n) is 1.09. The number of hydrogen-bond acceptors (Lipinski definition) is 4. The molecular weight excluding hydrogens is 126 g/mol. The molecule has 0 N–H and O–H groups in total. The second kappa shape index (κ2) is 3.48. The fourth-order valence-corrected chi connectivity index (χ4v) is 0.193. The van der Waals surface area contributed by atoms with Crippen LogP contribution in [0.2, 0.25) is 0 Å². The van der Waals surface area contributed by atoms with Crippen molar-refractivity contribution in [1.82, 2.24) is 0 Å². The molecule has 0 aromatic heterocycles. The number of carbonyl (C=O) groups is 3. The molecule has 9 heavy (non-hydrogen) atoms. The van der Waals surface area contributed by atoms with Gasteiger partial charge in [-0.3, -0.25) is 9.59 Å². The summed E-state index contributed by atoms with van der Waals surface area (Å²) in [4.78, 5) is 28.9. The topological polar surface area (TPSA) is 77.3 Å². The Morgan fingerprint density at radius 1 is 1.22 bits per heavy atom. The zero-order chi connectivity index (χ0) is 7.28. The van der Waals surface area contributed by atoms with E-state index in [1.54, 1.807) is 0 Å². The average Bonchev–Trinajstić information content (AvgIpc) is 1.90. The minimum atomic E-state index is -0.731. The Morgan fingerprint density at radius 2 is 1.67 bits per heavy atom. The first kappa shape index (κ1) is 7.48. The van der Waals surface area contributed by atoms with Crippen LogP contribution in [0, 0.1) is 5.21 Å². The monoisotopic (exact) mass is 129 g/mol. The van der Waals surface area contributed by atoms with Gasteiger partial charge in [0.25, 0.3) is 5.71 Å². The molecule has 0 bridgehead atoms. The maximum atomic E-state index is 10.0.